The second kappa shape index (κ2) is 7.28. The summed E-state index contributed by atoms with van der Waals surface area (Å²) in [5, 5.41) is 3.74. The van der Waals surface area contributed by atoms with Crippen LogP contribution in [0.25, 0.3) is 0 Å². The van der Waals surface area contributed by atoms with Crippen LogP contribution in [0.3, 0.4) is 0 Å². The van der Waals surface area contributed by atoms with E-state index in [1.165, 1.54) is 0 Å². The molecule has 0 saturated heterocycles. The van der Waals surface area contributed by atoms with Crippen molar-refractivity contribution in [1.29, 1.82) is 0 Å². The third kappa shape index (κ3) is 3.85. The van der Waals surface area contributed by atoms with E-state index in [1.807, 2.05) is 68.4 Å². The van der Waals surface area contributed by atoms with Gasteiger partial charge in [-0.3, -0.25) is 4.79 Å². The van der Waals surface area contributed by atoms with Gasteiger partial charge < -0.3 is 5.32 Å². The van der Waals surface area contributed by atoms with Crippen LogP contribution >= 0.6 is 11.6 Å². The summed E-state index contributed by atoms with van der Waals surface area (Å²) in [6, 6.07) is 17.4. The molecule has 0 aromatic heterocycles. The lowest BCUT2D eigenvalue weighted by molar-refractivity contribution is -0.123. The number of hydrogen-bond acceptors (Lipinski definition) is 1. The van der Waals surface area contributed by atoms with Gasteiger partial charge in [-0.05, 0) is 30.5 Å². The van der Waals surface area contributed by atoms with Crippen LogP contribution in [0, 0.1) is 0 Å². The molecule has 0 aliphatic heterocycles. The largest absolute Gasteiger partial charge is 0.349 e. The smallest absolute Gasteiger partial charge is 0.228 e. The number of rotatable bonds is 5. The van der Waals surface area contributed by atoms with Crippen LogP contribution in [0.5, 0.6) is 0 Å². The van der Waals surface area contributed by atoms with E-state index >= 15 is 0 Å². The van der Waals surface area contributed by atoms with Gasteiger partial charge in [-0.15, -0.1) is 0 Å². The second-order valence-electron chi connectivity index (χ2n) is 5.12. The third-order valence-corrected chi connectivity index (χ3v) is 4.00. The Kier molecular flexibility index (Phi) is 5.40. The van der Waals surface area contributed by atoms with E-state index in [4.69, 9.17) is 11.6 Å². The molecule has 0 aliphatic carbocycles. The Morgan fingerprint density at radius 3 is 2.33 bits per heavy atom. The first-order valence-electron chi connectivity index (χ1n) is 7.23. The molecule has 2 rings (SSSR count). The van der Waals surface area contributed by atoms with Crippen LogP contribution in [-0.2, 0) is 4.79 Å². The van der Waals surface area contributed by atoms with Gasteiger partial charge in [0.2, 0.25) is 5.91 Å². The second-order valence-corrected chi connectivity index (χ2v) is 5.53. The quantitative estimate of drug-likeness (QED) is 0.851. The molecular formula is C18H20ClNO. The van der Waals surface area contributed by atoms with Crippen LogP contribution < -0.4 is 5.32 Å². The number of hydrogen-bond donors (Lipinski definition) is 1. The summed E-state index contributed by atoms with van der Waals surface area (Å²) in [5.74, 6) is -0.0905. The summed E-state index contributed by atoms with van der Waals surface area (Å²) in [4.78, 5) is 12.5. The van der Waals surface area contributed by atoms with Gasteiger partial charge in [0.1, 0.15) is 0 Å². The van der Waals surface area contributed by atoms with Gasteiger partial charge in [0.05, 0.1) is 12.0 Å². The van der Waals surface area contributed by atoms with Gasteiger partial charge in [0, 0.05) is 5.02 Å². The van der Waals surface area contributed by atoms with Crippen LogP contribution in [0.1, 0.15) is 43.4 Å². The molecule has 2 aromatic carbocycles. The van der Waals surface area contributed by atoms with Crippen molar-refractivity contribution in [2.24, 2.45) is 0 Å². The highest BCUT2D eigenvalue weighted by Gasteiger charge is 2.21. The Hall–Kier alpha value is -1.80. The molecule has 0 saturated carbocycles. The number of benzene rings is 2. The first-order chi connectivity index (χ1) is 10.1. The molecule has 21 heavy (non-hydrogen) atoms. The monoisotopic (exact) mass is 301 g/mol. The van der Waals surface area contributed by atoms with Gasteiger partial charge in [0.25, 0.3) is 0 Å². The molecule has 0 bridgehead atoms. The average Bonchev–Trinajstić information content (AvgIpc) is 2.49. The Balaban J connectivity index is 2.11. The van der Waals surface area contributed by atoms with E-state index < -0.39 is 0 Å². The van der Waals surface area contributed by atoms with Crippen molar-refractivity contribution in [1.82, 2.24) is 5.32 Å². The van der Waals surface area contributed by atoms with Crippen molar-refractivity contribution >= 4 is 17.5 Å². The molecule has 0 spiro atoms. The molecule has 1 N–H and O–H groups in total. The lowest BCUT2D eigenvalue weighted by Gasteiger charge is -2.20. The maximum absolute atomic E-state index is 12.5. The van der Waals surface area contributed by atoms with Crippen LogP contribution in [0.4, 0.5) is 0 Å². The van der Waals surface area contributed by atoms with Crippen molar-refractivity contribution in [3.8, 4) is 0 Å². The number of carbonyl (C=O) groups excluding carboxylic acids is 1. The molecule has 2 atom stereocenters. The molecule has 1 amide bonds. The fourth-order valence-corrected chi connectivity index (χ4v) is 2.78. The normalized spacial score (nSPS) is 13.5. The topological polar surface area (TPSA) is 29.1 Å². The molecule has 2 nitrogen and oxygen atoms in total. The molecule has 0 aliphatic rings. The lowest BCUT2D eigenvalue weighted by Crippen LogP contribution is -2.31. The van der Waals surface area contributed by atoms with E-state index in [9.17, 15) is 4.79 Å². The number of carbonyl (C=O) groups is 1. The van der Waals surface area contributed by atoms with Gasteiger partial charge in [-0.25, -0.2) is 0 Å². The molecule has 2 unspecified atom stereocenters. The lowest BCUT2D eigenvalue weighted by atomic mass is 9.95. The van der Waals surface area contributed by atoms with Crippen LogP contribution in [0.15, 0.2) is 54.6 Å². The SMILES string of the molecule is CCC(C(=O)NC(C)c1ccccc1Cl)c1ccccc1. The highest BCUT2D eigenvalue weighted by Crippen LogP contribution is 2.25. The van der Waals surface area contributed by atoms with E-state index in [0.29, 0.717) is 5.02 Å². The number of amides is 1. The predicted octanol–water partition coefficient (Wildman–Crippen LogP) is 4.71. The zero-order valence-corrected chi connectivity index (χ0v) is 13.1. The molecule has 0 radical (unpaired) electrons. The van der Waals surface area contributed by atoms with E-state index in [-0.39, 0.29) is 17.9 Å². The molecule has 0 heterocycles. The Morgan fingerprint density at radius 2 is 1.71 bits per heavy atom. The summed E-state index contributed by atoms with van der Waals surface area (Å²) in [5.41, 5.74) is 1.99. The highest BCUT2D eigenvalue weighted by atomic mass is 35.5. The van der Waals surface area contributed by atoms with Crippen molar-refractivity contribution in [2.75, 3.05) is 0 Å². The summed E-state index contributed by atoms with van der Waals surface area (Å²) in [6.07, 6.45) is 0.769. The predicted molar refractivity (Wildman–Crippen MR) is 87.5 cm³/mol. The standard InChI is InChI=1S/C18H20ClNO/c1-3-15(14-9-5-4-6-10-14)18(21)20-13(2)16-11-7-8-12-17(16)19/h4-13,15H,3H2,1-2H3,(H,20,21). The van der Waals surface area contributed by atoms with Crippen molar-refractivity contribution in [2.45, 2.75) is 32.2 Å². The maximum atomic E-state index is 12.5. The average molecular weight is 302 g/mol. The van der Waals surface area contributed by atoms with Gasteiger partial charge in [0.15, 0.2) is 0 Å². The zero-order chi connectivity index (χ0) is 15.2. The van der Waals surface area contributed by atoms with E-state index in [2.05, 4.69) is 5.32 Å². The summed E-state index contributed by atoms with van der Waals surface area (Å²) in [6.45, 7) is 3.98. The summed E-state index contributed by atoms with van der Waals surface area (Å²) >= 11 is 6.18. The van der Waals surface area contributed by atoms with E-state index in [1.54, 1.807) is 0 Å². The molecular weight excluding hydrogens is 282 g/mol. The van der Waals surface area contributed by atoms with Gasteiger partial charge >= 0.3 is 0 Å². The van der Waals surface area contributed by atoms with Crippen LogP contribution in [0.2, 0.25) is 5.02 Å². The Labute approximate surface area is 131 Å². The van der Waals surface area contributed by atoms with Crippen molar-refractivity contribution < 1.29 is 4.79 Å². The third-order valence-electron chi connectivity index (χ3n) is 3.66. The first-order valence-corrected chi connectivity index (χ1v) is 7.61. The minimum Gasteiger partial charge on any atom is -0.349 e. The minimum absolute atomic E-state index is 0.0381. The number of halogens is 1. The molecule has 110 valence electrons. The van der Waals surface area contributed by atoms with Gasteiger partial charge in [-0.2, -0.15) is 0 Å². The van der Waals surface area contributed by atoms with Crippen LogP contribution in [-0.4, -0.2) is 5.91 Å². The highest BCUT2D eigenvalue weighted by molar-refractivity contribution is 6.31. The van der Waals surface area contributed by atoms with E-state index in [0.717, 1.165) is 17.5 Å². The summed E-state index contributed by atoms with van der Waals surface area (Å²) < 4.78 is 0. The molecule has 3 heteroatoms. The van der Waals surface area contributed by atoms with Gasteiger partial charge in [-0.1, -0.05) is 67.1 Å². The fraction of sp³-hybridized carbons (Fsp3) is 0.278. The molecule has 2 aromatic rings. The maximum Gasteiger partial charge on any atom is 0.228 e. The van der Waals surface area contributed by atoms with Crippen molar-refractivity contribution in [3.63, 3.8) is 0 Å². The minimum atomic E-state index is -0.129. The van der Waals surface area contributed by atoms with Crippen molar-refractivity contribution in [3.05, 3.63) is 70.7 Å². The zero-order valence-electron chi connectivity index (χ0n) is 12.3. The fourth-order valence-electron chi connectivity index (χ4n) is 2.48. The Bertz CT molecular complexity index is 597. The Morgan fingerprint density at radius 1 is 1.10 bits per heavy atom. The summed E-state index contributed by atoms with van der Waals surface area (Å²) in [7, 11) is 0. The first kappa shape index (κ1) is 15.6. The number of nitrogens with one attached hydrogen (secondary N) is 1. The molecule has 0 fully saturated rings.